The van der Waals surface area contributed by atoms with Crippen molar-refractivity contribution in [2.75, 3.05) is 40.0 Å². The summed E-state index contributed by atoms with van der Waals surface area (Å²) in [6.07, 6.45) is 4.19. The number of hydrogen-bond acceptors (Lipinski definition) is 4. The molecule has 7 heteroatoms. The highest BCUT2D eigenvalue weighted by molar-refractivity contribution is 14.0. The number of guanidine groups is 1. The topological polar surface area (TPSA) is 75.1 Å². The minimum atomic E-state index is -0.580. The van der Waals surface area contributed by atoms with Gasteiger partial charge in [-0.05, 0) is 37.2 Å². The Morgan fingerprint density at radius 3 is 2.61 bits per heavy atom. The van der Waals surface area contributed by atoms with Crippen LogP contribution in [0.15, 0.2) is 35.3 Å². The van der Waals surface area contributed by atoms with Crippen molar-refractivity contribution in [2.24, 2.45) is 10.4 Å². The van der Waals surface area contributed by atoms with Gasteiger partial charge in [0.1, 0.15) is 0 Å². The van der Waals surface area contributed by atoms with Gasteiger partial charge in [-0.15, -0.1) is 24.0 Å². The summed E-state index contributed by atoms with van der Waals surface area (Å²) in [6.45, 7) is 5.63. The molecule has 1 aromatic rings. The standard InChI is InChI=1S/C21H35N3O3.HI/c1-3-22-20(24-17-21(10-7-11-21)12-13-26-2)23-14-19(25)16-27-15-18-8-5-4-6-9-18;/h4-6,8-9,19,25H,3,7,10-17H2,1-2H3,(H2,22,23,24);1H. The number of aliphatic imine (C=N–C) groups is 1. The van der Waals surface area contributed by atoms with Crippen molar-refractivity contribution in [3.63, 3.8) is 0 Å². The number of hydrogen-bond donors (Lipinski definition) is 3. The highest BCUT2D eigenvalue weighted by atomic mass is 127. The molecule has 28 heavy (non-hydrogen) atoms. The molecule has 1 aliphatic carbocycles. The van der Waals surface area contributed by atoms with Crippen LogP contribution in [0.4, 0.5) is 0 Å². The molecule has 1 saturated carbocycles. The Hall–Kier alpha value is -0.900. The lowest BCUT2D eigenvalue weighted by molar-refractivity contribution is 0.0308. The van der Waals surface area contributed by atoms with Crippen LogP contribution in [0.3, 0.4) is 0 Å². The Balaban J connectivity index is 0.00000392. The van der Waals surface area contributed by atoms with E-state index in [-0.39, 0.29) is 29.4 Å². The number of aliphatic hydroxyl groups is 1. The summed E-state index contributed by atoms with van der Waals surface area (Å²) < 4.78 is 10.8. The minimum Gasteiger partial charge on any atom is -0.389 e. The number of aliphatic hydroxyl groups excluding tert-OH is 1. The SMILES string of the molecule is CCNC(=NCC1(CCOC)CCC1)NCC(O)COCc1ccccc1.I. The zero-order valence-corrected chi connectivity index (χ0v) is 19.5. The van der Waals surface area contributed by atoms with Crippen LogP contribution >= 0.6 is 24.0 Å². The maximum atomic E-state index is 10.2. The number of halogens is 1. The van der Waals surface area contributed by atoms with E-state index in [1.807, 2.05) is 37.3 Å². The fourth-order valence-corrected chi connectivity index (χ4v) is 3.23. The van der Waals surface area contributed by atoms with Crippen LogP contribution in [0.25, 0.3) is 0 Å². The van der Waals surface area contributed by atoms with Crippen LogP contribution in [0.2, 0.25) is 0 Å². The number of methoxy groups -OCH3 is 1. The van der Waals surface area contributed by atoms with Crippen molar-refractivity contribution in [1.29, 1.82) is 0 Å². The summed E-state index contributed by atoms with van der Waals surface area (Å²) in [5.74, 6) is 0.753. The van der Waals surface area contributed by atoms with Crippen LogP contribution in [0.1, 0.15) is 38.2 Å². The van der Waals surface area contributed by atoms with Crippen LogP contribution in [0.5, 0.6) is 0 Å². The molecular weight excluding hydrogens is 469 g/mol. The highest BCUT2D eigenvalue weighted by Gasteiger charge is 2.36. The predicted molar refractivity (Wildman–Crippen MR) is 124 cm³/mol. The summed E-state index contributed by atoms with van der Waals surface area (Å²) >= 11 is 0. The zero-order valence-electron chi connectivity index (χ0n) is 17.2. The average molecular weight is 505 g/mol. The second-order valence-corrected chi connectivity index (χ2v) is 7.33. The van der Waals surface area contributed by atoms with Gasteiger partial charge in [-0.3, -0.25) is 4.99 Å². The zero-order chi connectivity index (χ0) is 19.4. The van der Waals surface area contributed by atoms with Crippen LogP contribution in [-0.4, -0.2) is 57.1 Å². The summed E-state index contributed by atoms with van der Waals surface area (Å²) in [7, 11) is 1.75. The number of benzene rings is 1. The maximum absolute atomic E-state index is 10.2. The van der Waals surface area contributed by atoms with E-state index in [2.05, 4.69) is 10.6 Å². The Bertz CT molecular complexity index is 553. The molecule has 0 heterocycles. The number of ether oxygens (including phenoxy) is 2. The van der Waals surface area contributed by atoms with Gasteiger partial charge in [-0.2, -0.15) is 0 Å². The van der Waals surface area contributed by atoms with Gasteiger partial charge in [0, 0.05) is 33.4 Å². The van der Waals surface area contributed by atoms with E-state index >= 15 is 0 Å². The lowest BCUT2D eigenvalue weighted by Crippen LogP contribution is -2.43. The number of rotatable bonds is 12. The Morgan fingerprint density at radius 1 is 1.25 bits per heavy atom. The lowest BCUT2D eigenvalue weighted by atomic mass is 9.67. The Labute approximate surface area is 186 Å². The monoisotopic (exact) mass is 505 g/mol. The van der Waals surface area contributed by atoms with Crippen molar-refractivity contribution >= 4 is 29.9 Å². The quantitative estimate of drug-likeness (QED) is 0.232. The molecule has 0 aromatic heterocycles. The van der Waals surface area contributed by atoms with Gasteiger partial charge in [-0.25, -0.2) is 0 Å². The van der Waals surface area contributed by atoms with E-state index in [0.717, 1.165) is 37.6 Å². The number of nitrogens with one attached hydrogen (secondary N) is 2. The highest BCUT2D eigenvalue weighted by Crippen LogP contribution is 2.44. The molecule has 0 saturated heterocycles. The van der Waals surface area contributed by atoms with Crippen molar-refractivity contribution in [3.8, 4) is 0 Å². The molecule has 0 spiro atoms. The third-order valence-corrected chi connectivity index (χ3v) is 5.09. The molecule has 3 N–H and O–H groups in total. The van der Waals surface area contributed by atoms with Crippen molar-refractivity contribution in [3.05, 3.63) is 35.9 Å². The second kappa shape index (κ2) is 14.1. The maximum Gasteiger partial charge on any atom is 0.191 e. The Kier molecular flexibility index (Phi) is 12.7. The fourth-order valence-electron chi connectivity index (χ4n) is 3.23. The van der Waals surface area contributed by atoms with Crippen molar-refractivity contribution < 1.29 is 14.6 Å². The van der Waals surface area contributed by atoms with Gasteiger partial charge in [-0.1, -0.05) is 36.8 Å². The first kappa shape index (κ1) is 25.1. The molecule has 1 unspecified atom stereocenters. The molecule has 1 aliphatic rings. The molecule has 160 valence electrons. The summed E-state index contributed by atoms with van der Waals surface area (Å²) in [4.78, 5) is 4.75. The first-order valence-electron chi connectivity index (χ1n) is 9.98. The molecule has 1 aromatic carbocycles. The van der Waals surface area contributed by atoms with Crippen LogP contribution in [-0.2, 0) is 16.1 Å². The van der Waals surface area contributed by atoms with Gasteiger partial charge in [0.05, 0.1) is 19.3 Å². The molecule has 0 aliphatic heterocycles. The molecule has 0 bridgehead atoms. The average Bonchev–Trinajstić information content (AvgIpc) is 2.65. The van der Waals surface area contributed by atoms with Crippen molar-refractivity contribution in [1.82, 2.24) is 10.6 Å². The van der Waals surface area contributed by atoms with Crippen LogP contribution in [0, 0.1) is 5.41 Å². The second-order valence-electron chi connectivity index (χ2n) is 7.33. The first-order chi connectivity index (χ1) is 13.2. The summed E-state index contributed by atoms with van der Waals surface area (Å²) in [5, 5.41) is 16.6. The molecule has 1 fully saturated rings. The van der Waals surface area contributed by atoms with Crippen LogP contribution < -0.4 is 10.6 Å². The normalized spacial score (nSPS) is 16.6. The lowest BCUT2D eigenvalue weighted by Gasteiger charge is -2.40. The van der Waals surface area contributed by atoms with Crippen molar-refractivity contribution in [2.45, 2.75) is 45.3 Å². The molecule has 1 atom stereocenters. The summed E-state index contributed by atoms with van der Waals surface area (Å²) in [6, 6.07) is 9.97. The van der Waals surface area contributed by atoms with E-state index in [1.54, 1.807) is 7.11 Å². The Morgan fingerprint density at radius 2 is 2.00 bits per heavy atom. The molecule has 6 nitrogen and oxygen atoms in total. The molecule has 2 rings (SSSR count). The van der Waals surface area contributed by atoms with Gasteiger partial charge >= 0.3 is 0 Å². The van der Waals surface area contributed by atoms with E-state index in [9.17, 15) is 5.11 Å². The first-order valence-corrected chi connectivity index (χ1v) is 9.98. The third-order valence-electron chi connectivity index (χ3n) is 5.09. The minimum absolute atomic E-state index is 0. The summed E-state index contributed by atoms with van der Waals surface area (Å²) in [5.41, 5.74) is 1.39. The number of nitrogens with zero attached hydrogens (tertiary/aromatic N) is 1. The van der Waals surface area contributed by atoms with Gasteiger partial charge in [0.15, 0.2) is 5.96 Å². The molecular formula is C21H36IN3O3. The largest absolute Gasteiger partial charge is 0.389 e. The van der Waals surface area contributed by atoms with Gasteiger partial charge in [0.25, 0.3) is 0 Å². The molecule has 0 amide bonds. The fraction of sp³-hybridized carbons (Fsp3) is 0.667. The molecule has 0 radical (unpaired) electrons. The predicted octanol–water partition coefficient (Wildman–Crippen LogP) is 2.94. The van der Waals surface area contributed by atoms with Gasteiger partial charge in [0.2, 0.25) is 0 Å². The van der Waals surface area contributed by atoms with Gasteiger partial charge < -0.3 is 25.2 Å². The van der Waals surface area contributed by atoms with E-state index in [4.69, 9.17) is 14.5 Å². The van der Waals surface area contributed by atoms with E-state index in [0.29, 0.717) is 19.8 Å². The smallest absolute Gasteiger partial charge is 0.191 e. The van der Waals surface area contributed by atoms with E-state index < -0.39 is 6.10 Å². The van der Waals surface area contributed by atoms with E-state index in [1.165, 1.54) is 19.3 Å². The third kappa shape index (κ3) is 9.07.